The first-order chi connectivity index (χ1) is 11.7. The van der Waals surface area contributed by atoms with Crippen molar-refractivity contribution in [2.75, 3.05) is 36.0 Å². The Hall–Kier alpha value is -1.24. The van der Waals surface area contributed by atoms with Crippen LogP contribution in [0.15, 0.2) is 24.3 Å². The first-order valence-corrected chi connectivity index (χ1v) is 9.85. The maximum atomic E-state index is 12.4. The van der Waals surface area contributed by atoms with Crippen molar-refractivity contribution in [2.24, 2.45) is 0 Å². The maximum Gasteiger partial charge on any atom is 0.227 e. The summed E-state index contributed by atoms with van der Waals surface area (Å²) in [6.45, 7) is 2.32. The molecule has 0 aromatic heterocycles. The second-order valence-electron chi connectivity index (χ2n) is 6.31. The van der Waals surface area contributed by atoms with Crippen molar-refractivity contribution < 1.29 is 9.59 Å². The predicted octanol–water partition coefficient (Wildman–Crippen LogP) is 1.99. The number of nitrogens with zero attached hydrogens (tertiary/aromatic N) is 1. The highest BCUT2D eigenvalue weighted by molar-refractivity contribution is 7.99. The number of thioether (sulfide) groups is 1. The quantitative estimate of drug-likeness (QED) is 0.737. The summed E-state index contributed by atoms with van der Waals surface area (Å²) in [7, 11) is 0. The smallest absolute Gasteiger partial charge is 0.227 e. The molecule has 2 aliphatic rings. The number of para-hydroxylation sites is 1. The number of fused-ring (bicyclic) bond motifs is 1. The monoisotopic (exact) mass is 383 g/mol. The van der Waals surface area contributed by atoms with E-state index in [4.69, 9.17) is 0 Å². The predicted molar refractivity (Wildman–Crippen MR) is 106 cm³/mol. The highest BCUT2D eigenvalue weighted by Crippen LogP contribution is 2.27. The fourth-order valence-electron chi connectivity index (χ4n) is 3.25. The Morgan fingerprint density at radius 2 is 2.16 bits per heavy atom. The van der Waals surface area contributed by atoms with Gasteiger partial charge in [-0.1, -0.05) is 18.2 Å². The average Bonchev–Trinajstić information content (AvgIpc) is 3.03. The van der Waals surface area contributed by atoms with Gasteiger partial charge in [-0.15, -0.1) is 12.4 Å². The Labute approximate surface area is 159 Å². The van der Waals surface area contributed by atoms with Crippen LogP contribution in [0.25, 0.3) is 0 Å². The molecule has 138 valence electrons. The lowest BCUT2D eigenvalue weighted by Gasteiger charge is -2.22. The summed E-state index contributed by atoms with van der Waals surface area (Å²) in [5.74, 6) is 2.36. The standard InChI is InChI=1S/C18H25N3O2S.ClH/c22-17(12-15-13-24-11-9-19-15)20-8-3-6-18(23)21-10-7-14-4-1-2-5-16(14)21;/h1-2,4-5,15,19H,3,6-13H2,(H,20,22);1H. The molecule has 7 heteroatoms. The molecule has 0 saturated carbocycles. The van der Waals surface area contributed by atoms with Gasteiger partial charge in [-0.2, -0.15) is 11.8 Å². The van der Waals surface area contributed by atoms with Crippen molar-refractivity contribution in [3.63, 3.8) is 0 Å². The van der Waals surface area contributed by atoms with Gasteiger partial charge in [0.15, 0.2) is 0 Å². The minimum atomic E-state index is 0. The number of halogens is 1. The van der Waals surface area contributed by atoms with Crippen molar-refractivity contribution in [2.45, 2.75) is 31.7 Å². The molecule has 1 fully saturated rings. The van der Waals surface area contributed by atoms with Gasteiger partial charge >= 0.3 is 0 Å². The van der Waals surface area contributed by atoms with Crippen LogP contribution in [0.1, 0.15) is 24.8 Å². The summed E-state index contributed by atoms with van der Waals surface area (Å²) in [5.41, 5.74) is 2.30. The van der Waals surface area contributed by atoms with E-state index in [-0.39, 0.29) is 30.3 Å². The third-order valence-corrected chi connectivity index (χ3v) is 5.64. The molecule has 1 aromatic carbocycles. The van der Waals surface area contributed by atoms with Crippen LogP contribution in [0.3, 0.4) is 0 Å². The SMILES string of the molecule is Cl.O=C(CC1CSCCN1)NCCCC(=O)N1CCc2ccccc21. The van der Waals surface area contributed by atoms with E-state index < -0.39 is 0 Å². The van der Waals surface area contributed by atoms with Crippen LogP contribution in [-0.2, 0) is 16.0 Å². The Kier molecular flexibility index (Phi) is 8.06. The second kappa shape index (κ2) is 10.0. The molecule has 5 nitrogen and oxygen atoms in total. The molecule has 2 heterocycles. The zero-order valence-electron chi connectivity index (χ0n) is 14.3. The van der Waals surface area contributed by atoms with Gasteiger partial charge in [0.1, 0.15) is 0 Å². The molecule has 1 aromatic rings. The second-order valence-corrected chi connectivity index (χ2v) is 7.46. The summed E-state index contributed by atoms with van der Waals surface area (Å²) in [4.78, 5) is 26.2. The summed E-state index contributed by atoms with van der Waals surface area (Å²) in [6.07, 6.45) is 2.63. The van der Waals surface area contributed by atoms with Crippen LogP contribution in [0, 0.1) is 0 Å². The van der Waals surface area contributed by atoms with E-state index in [0.29, 0.717) is 25.8 Å². The van der Waals surface area contributed by atoms with Gasteiger partial charge in [0, 0.05) is 55.7 Å². The summed E-state index contributed by atoms with van der Waals surface area (Å²) >= 11 is 1.89. The molecule has 2 N–H and O–H groups in total. The normalized spacial score (nSPS) is 19.0. The summed E-state index contributed by atoms with van der Waals surface area (Å²) in [5, 5.41) is 6.30. The summed E-state index contributed by atoms with van der Waals surface area (Å²) < 4.78 is 0. The number of carbonyl (C=O) groups excluding carboxylic acids is 2. The van der Waals surface area contributed by atoms with Crippen molar-refractivity contribution in [1.29, 1.82) is 0 Å². The van der Waals surface area contributed by atoms with Crippen molar-refractivity contribution in [3.8, 4) is 0 Å². The molecule has 0 bridgehead atoms. The van der Waals surface area contributed by atoms with E-state index in [1.807, 2.05) is 34.9 Å². The molecule has 3 rings (SSSR count). The molecule has 2 aliphatic heterocycles. The van der Waals surface area contributed by atoms with Crippen LogP contribution >= 0.6 is 24.2 Å². The highest BCUT2D eigenvalue weighted by atomic mass is 35.5. The van der Waals surface area contributed by atoms with Gasteiger partial charge in [-0.3, -0.25) is 9.59 Å². The van der Waals surface area contributed by atoms with E-state index >= 15 is 0 Å². The molecule has 25 heavy (non-hydrogen) atoms. The minimum Gasteiger partial charge on any atom is -0.356 e. The number of benzene rings is 1. The molecule has 1 unspecified atom stereocenters. The molecule has 0 radical (unpaired) electrons. The maximum absolute atomic E-state index is 12.4. The van der Waals surface area contributed by atoms with Crippen molar-refractivity contribution in [3.05, 3.63) is 29.8 Å². The van der Waals surface area contributed by atoms with Crippen molar-refractivity contribution >= 4 is 41.7 Å². The van der Waals surface area contributed by atoms with Gasteiger partial charge in [0.05, 0.1) is 0 Å². The van der Waals surface area contributed by atoms with E-state index in [1.54, 1.807) is 0 Å². The number of hydrogen-bond donors (Lipinski definition) is 2. The van der Waals surface area contributed by atoms with Crippen LogP contribution in [0.2, 0.25) is 0 Å². The van der Waals surface area contributed by atoms with E-state index in [2.05, 4.69) is 16.7 Å². The van der Waals surface area contributed by atoms with Gasteiger partial charge < -0.3 is 15.5 Å². The molecule has 2 amide bonds. The number of hydrogen-bond acceptors (Lipinski definition) is 4. The van der Waals surface area contributed by atoms with Crippen LogP contribution in [0.4, 0.5) is 5.69 Å². The molecular formula is C18H26ClN3O2S. The lowest BCUT2D eigenvalue weighted by Crippen LogP contribution is -2.41. The van der Waals surface area contributed by atoms with E-state index in [0.717, 1.165) is 36.7 Å². The van der Waals surface area contributed by atoms with Crippen LogP contribution in [-0.4, -0.2) is 49.0 Å². The van der Waals surface area contributed by atoms with Crippen LogP contribution < -0.4 is 15.5 Å². The number of carbonyl (C=O) groups is 2. The fourth-order valence-corrected chi connectivity index (χ4v) is 4.20. The third-order valence-electron chi connectivity index (χ3n) is 4.51. The lowest BCUT2D eigenvalue weighted by atomic mass is 10.2. The van der Waals surface area contributed by atoms with Gasteiger partial charge in [0.25, 0.3) is 0 Å². The molecule has 1 saturated heterocycles. The van der Waals surface area contributed by atoms with Gasteiger partial charge in [-0.05, 0) is 24.5 Å². The fraction of sp³-hybridized carbons (Fsp3) is 0.556. The third kappa shape index (κ3) is 5.62. The minimum absolute atomic E-state index is 0. The number of anilines is 1. The molecule has 0 aliphatic carbocycles. The topological polar surface area (TPSA) is 61.4 Å². The molecular weight excluding hydrogens is 358 g/mol. The zero-order valence-corrected chi connectivity index (χ0v) is 16.0. The first kappa shape index (κ1) is 20.1. The van der Waals surface area contributed by atoms with Gasteiger partial charge in [-0.25, -0.2) is 0 Å². The van der Waals surface area contributed by atoms with E-state index in [1.165, 1.54) is 5.56 Å². The zero-order chi connectivity index (χ0) is 16.8. The van der Waals surface area contributed by atoms with Crippen molar-refractivity contribution in [1.82, 2.24) is 10.6 Å². The Bertz CT molecular complexity index is 593. The Balaban J connectivity index is 0.00000225. The molecule has 0 spiro atoms. The number of nitrogens with one attached hydrogen (secondary N) is 2. The highest BCUT2D eigenvalue weighted by Gasteiger charge is 2.23. The molecule has 1 atom stereocenters. The van der Waals surface area contributed by atoms with E-state index in [9.17, 15) is 9.59 Å². The summed E-state index contributed by atoms with van der Waals surface area (Å²) in [6, 6.07) is 8.37. The number of amides is 2. The lowest BCUT2D eigenvalue weighted by molar-refractivity contribution is -0.122. The Morgan fingerprint density at radius 1 is 1.32 bits per heavy atom. The first-order valence-electron chi connectivity index (χ1n) is 8.70. The Morgan fingerprint density at radius 3 is 2.96 bits per heavy atom. The van der Waals surface area contributed by atoms with Crippen LogP contribution in [0.5, 0.6) is 0 Å². The number of rotatable bonds is 6. The average molecular weight is 384 g/mol. The van der Waals surface area contributed by atoms with Gasteiger partial charge in [0.2, 0.25) is 11.8 Å². The largest absolute Gasteiger partial charge is 0.356 e.